The Morgan fingerprint density at radius 3 is 2.51 bits per heavy atom. The summed E-state index contributed by atoms with van der Waals surface area (Å²) < 4.78 is 44.9. The van der Waals surface area contributed by atoms with Crippen LogP contribution >= 0.6 is 11.3 Å². The largest absolute Gasteiger partial charge is 0.416 e. The van der Waals surface area contributed by atoms with Crippen LogP contribution in [0.2, 0.25) is 0 Å². The predicted molar refractivity (Wildman–Crippen MR) is 164 cm³/mol. The number of hydrogen-bond acceptors (Lipinski definition) is 7. The highest BCUT2D eigenvalue weighted by molar-refractivity contribution is 7.09. The maximum absolute atomic E-state index is 13.5. The Kier molecular flexibility index (Phi) is 10.3. The third-order valence-corrected chi connectivity index (χ3v) is 8.52. The van der Waals surface area contributed by atoms with Crippen molar-refractivity contribution in [2.45, 2.75) is 44.3 Å². The number of aliphatic hydroxyl groups excluding tert-OH is 1. The van der Waals surface area contributed by atoms with Crippen LogP contribution in [0.3, 0.4) is 0 Å². The third-order valence-electron chi connectivity index (χ3n) is 7.45. The van der Waals surface area contributed by atoms with E-state index in [2.05, 4.69) is 15.6 Å². The lowest BCUT2D eigenvalue weighted by Crippen LogP contribution is -2.48. The van der Waals surface area contributed by atoms with E-state index in [4.69, 9.17) is 4.74 Å². The molecule has 236 valence electrons. The molecule has 45 heavy (non-hydrogen) atoms. The number of hydrogen-bond donors (Lipinski definition) is 3. The van der Waals surface area contributed by atoms with Crippen LogP contribution in [0.1, 0.15) is 54.1 Å². The van der Waals surface area contributed by atoms with Crippen molar-refractivity contribution in [3.05, 3.63) is 123 Å². The van der Waals surface area contributed by atoms with Crippen molar-refractivity contribution < 1.29 is 32.6 Å². The smallest absolute Gasteiger partial charge is 0.390 e. The Balaban J connectivity index is 1.26. The van der Waals surface area contributed by atoms with Gasteiger partial charge < -0.3 is 25.4 Å². The van der Waals surface area contributed by atoms with E-state index >= 15 is 0 Å². The summed E-state index contributed by atoms with van der Waals surface area (Å²) in [5.74, 6) is -0.771. The average molecular weight is 639 g/mol. The van der Waals surface area contributed by atoms with E-state index in [0.717, 1.165) is 28.4 Å². The first-order valence-electron chi connectivity index (χ1n) is 14.4. The molecule has 2 heterocycles. The lowest BCUT2D eigenvalue weighted by atomic mass is 10.00. The van der Waals surface area contributed by atoms with Gasteiger partial charge in [0.05, 0.1) is 24.3 Å². The molecule has 0 aliphatic carbocycles. The lowest BCUT2D eigenvalue weighted by molar-refractivity contribution is -0.137. The molecular weight excluding hydrogens is 605 g/mol. The Morgan fingerprint density at radius 2 is 1.78 bits per heavy atom. The fraction of sp³-hybridized carbons (Fsp3) is 0.303. The Hall–Kier alpha value is -4.10. The van der Waals surface area contributed by atoms with Crippen LogP contribution in [-0.4, -0.2) is 58.8 Å². The number of nitrogens with zero attached hydrogens (tertiary/aromatic N) is 2. The van der Waals surface area contributed by atoms with Crippen molar-refractivity contribution in [3.63, 3.8) is 0 Å². The van der Waals surface area contributed by atoms with Crippen molar-refractivity contribution in [2.75, 3.05) is 19.9 Å². The third kappa shape index (κ3) is 8.34. The van der Waals surface area contributed by atoms with Gasteiger partial charge >= 0.3 is 6.18 Å². The van der Waals surface area contributed by atoms with E-state index < -0.39 is 29.8 Å². The van der Waals surface area contributed by atoms with Crippen LogP contribution in [0.15, 0.2) is 84.2 Å². The van der Waals surface area contributed by atoms with Gasteiger partial charge in [0.1, 0.15) is 17.8 Å². The standard InChI is InChI=1S/C33H33F3N4O4S/c1-21-19-45-31(38-21)28-18-44-20-40(28)32(43)25-11-6-10-24(15-25)30(42)39-27(14-22-7-3-2-4-8-22)29(41)17-37-16-23-9-5-12-26(13-23)33(34,35)36/h2-13,15,19,27-29,37,41H,14,16-18,20H2,1H3,(H,39,42)/t27-,28?,29+/m0/s1. The molecule has 1 aliphatic rings. The van der Waals surface area contributed by atoms with Crippen LogP contribution < -0.4 is 10.6 Å². The van der Waals surface area contributed by atoms with Crippen LogP contribution in [0.25, 0.3) is 0 Å². The van der Waals surface area contributed by atoms with E-state index in [9.17, 15) is 27.9 Å². The zero-order chi connectivity index (χ0) is 32.0. The number of thiazole rings is 1. The van der Waals surface area contributed by atoms with Gasteiger partial charge in [-0.3, -0.25) is 9.59 Å². The van der Waals surface area contributed by atoms with E-state index in [1.165, 1.54) is 23.5 Å². The molecule has 3 atom stereocenters. The molecule has 1 fully saturated rings. The lowest BCUT2D eigenvalue weighted by Gasteiger charge is -2.25. The molecule has 1 aliphatic heterocycles. The molecule has 8 nitrogen and oxygen atoms in total. The molecule has 2 amide bonds. The van der Waals surface area contributed by atoms with Crippen LogP contribution in [0.4, 0.5) is 13.2 Å². The minimum Gasteiger partial charge on any atom is -0.390 e. The second kappa shape index (κ2) is 14.3. The number of aromatic nitrogens is 1. The number of benzene rings is 3. The zero-order valence-electron chi connectivity index (χ0n) is 24.5. The van der Waals surface area contributed by atoms with Gasteiger partial charge in [-0.1, -0.05) is 54.6 Å². The number of carbonyl (C=O) groups excluding carboxylic acids is 2. The fourth-order valence-electron chi connectivity index (χ4n) is 5.10. The van der Waals surface area contributed by atoms with Crippen LogP contribution in [-0.2, 0) is 23.9 Å². The molecule has 0 spiro atoms. The summed E-state index contributed by atoms with van der Waals surface area (Å²) in [6, 6.07) is 19.6. The number of halogens is 3. The summed E-state index contributed by atoms with van der Waals surface area (Å²) >= 11 is 1.46. The van der Waals surface area contributed by atoms with E-state index in [1.807, 2.05) is 42.6 Å². The Bertz CT molecular complexity index is 1610. The highest BCUT2D eigenvalue weighted by Gasteiger charge is 2.34. The summed E-state index contributed by atoms with van der Waals surface area (Å²) in [6.07, 6.45) is -5.22. The zero-order valence-corrected chi connectivity index (χ0v) is 25.3. The minimum atomic E-state index is -4.45. The highest BCUT2D eigenvalue weighted by Crippen LogP contribution is 2.31. The molecule has 12 heteroatoms. The van der Waals surface area contributed by atoms with Gasteiger partial charge in [0.2, 0.25) is 0 Å². The normalized spacial score (nSPS) is 16.4. The second-order valence-corrected chi connectivity index (χ2v) is 11.8. The molecule has 1 saturated heterocycles. The molecule has 1 unspecified atom stereocenters. The molecular formula is C33H33F3N4O4S. The molecule has 0 radical (unpaired) electrons. The van der Waals surface area contributed by atoms with Gasteiger partial charge in [0.15, 0.2) is 0 Å². The molecule has 4 aromatic rings. The van der Waals surface area contributed by atoms with Crippen molar-refractivity contribution in [2.24, 2.45) is 0 Å². The molecule has 1 aromatic heterocycles. The van der Waals surface area contributed by atoms with Crippen molar-refractivity contribution in [3.8, 4) is 0 Å². The first kappa shape index (κ1) is 32.3. The van der Waals surface area contributed by atoms with E-state index in [-0.39, 0.29) is 37.3 Å². The molecule has 0 bridgehead atoms. The quantitative estimate of drug-likeness (QED) is 0.211. The predicted octanol–water partition coefficient (Wildman–Crippen LogP) is 5.13. The number of amides is 2. The van der Waals surface area contributed by atoms with Gasteiger partial charge in [-0.25, -0.2) is 4.98 Å². The van der Waals surface area contributed by atoms with Crippen molar-refractivity contribution in [1.82, 2.24) is 20.5 Å². The number of alkyl halides is 3. The number of carbonyl (C=O) groups is 2. The highest BCUT2D eigenvalue weighted by atomic mass is 32.1. The summed E-state index contributed by atoms with van der Waals surface area (Å²) in [6.45, 7) is 2.44. The van der Waals surface area contributed by atoms with Gasteiger partial charge in [0.25, 0.3) is 11.8 Å². The second-order valence-electron chi connectivity index (χ2n) is 10.9. The minimum absolute atomic E-state index is 0.0130. The summed E-state index contributed by atoms with van der Waals surface area (Å²) in [5, 5.41) is 19.7. The molecule has 3 aromatic carbocycles. The number of nitrogens with one attached hydrogen (secondary N) is 2. The van der Waals surface area contributed by atoms with E-state index in [1.54, 1.807) is 29.2 Å². The molecule has 0 saturated carbocycles. The van der Waals surface area contributed by atoms with Gasteiger partial charge in [-0.05, 0) is 48.7 Å². The number of rotatable bonds is 11. The first-order valence-corrected chi connectivity index (χ1v) is 15.3. The van der Waals surface area contributed by atoms with Gasteiger partial charge in [-0.2, -0.15) is 13.2 Å². The Morgan fingerprint density at radius 1 is 1.04 bits per heavy atom. The van der Waals surface area contributed by atoms with Crippen molar-refractivity contribution in [1.29, 1.82) is 0 Å². The summed E-state index contributed by atoms with van der Waals surface area (Å²) in [5.41, 5.74) is 1.97. The Labute approximate surface area is 262 Å². The maximum atomic E-state index is 13.5. The summed E-state index contributed by atoms with van der Waals surface area (Å²) in [4.78, 5) is 33.0. The SMILES string of the molecule is Cc1csc(C2COCN2C(=O)c2cccc(C(=O)N[C@@H](Cc3ccccc3)[C@H](O)CNCc3cccc(C(F)(F)F)c3)c2)n1. The topological polar surface area (TPSA) is 104 Å². The van der Waals surface area contributed by atoms with Crippen LogP contribution in [0.5, 0.6) is 0 Å². The average Bonchev–Trinajstić information content (AvgIpc) is 3.70. The van der Waals surface area contributed by atoms with Crippen molar-refractivity contribution >= 4 is 23.2 Å². The number of aryl methyl sites for hydroxylation is 1. The maximum Gasteiger partial charge on any atom is 0.416 e. The first-order chi connectivity index (χ1) is 21.6. The number of aliphatic hydroxyl groups is 1. The molecule has 5 rings (SSSR count). The van der Waals surface area contributed by atoms with E-state index in [0.29, 0.717) is 24.2 Å². The van der Waals surface area contributed by atoms with Crippen LogP contribution in [0, 0.1) is 6.92 Å². The van der Waals surface area contributed by atoms with Gasteiger partial charge in [0, 0.05) is 35.3 Å². The number of ether oxygens (including phenoxy) is 1. The fourth-order valence-corrected chi connectivity index (χ4v) is 5.99. The molecule has 3 N–H and O–H groups in total. The van der Waals surface area contributed by atoms with Gasteiger partial charge in [-0.15, -0.1) is 11.3 Å². The summed E-state index contributed by atoms with van der Waals surface area (Å²) in [7, 11) is 0. The monoisotopic (exact) mass is 638 g/mol.